The topological polar surface area (TPSA) is 47.6 Å². The molecule has 0 radical (unpaired) electrons. The van der Waals surface area contributed by atoms with Gasteiger partial charge in [0, 0.05) is 9.13 Å². The molecule has 114 valence electrons. The zero-order valence-corrected chi connectivity index (χ0v) is 14.3. The third-order valence-corrected chi connectivity index (χ3v) is 4.24. The van der Waals surface area contributed by atoms with Crippen molar-refractivity contribution in [2.75, 3.05) is 13.2 Å². The van der Waals surface area contributed by atoms with E-state index in [0.717, 1.165) is 20.6 Å². The Hall–Kier alpha value is -1.76. The number of nitrogens with one attached hydrogen (secondary N) is 1. The summed E-state index contributed by atoms with van der Waals surface area (Å²) in [5, 5.41) is 3.00. The first kappa shape index (κ1) is 15.1. The second-order valence-corrected chi connectivity index (χ2v) is 6.35. The van der Waals surface area contributed by atoms with Gasteiger partial charge in [-0.15, -0.1) is 0 Å². The van der Waals surface area contributed by atoms with E-state index in [2.05, 4.69) is 27.9 Å². The van der Waals surface area contributed by atoms with Crippen molar-refractivity contribution in [1.29, 1.82) is 0 Å². The highest BCUT2D eigenvalue weighted by Crippen LogP contribution is 2.32. The van der Waals surface area contributed by atoms with Crippen molar-refractivity contribution in [2.24, 2.45) is 0 Å². The van der Waals surface area contributed by atoms with Gasteiger partial charge >= 0.3 is 0 Å². The maximum atomic E-state index is 12.3. The molecule has 4 nitrogen and oxygen atoms in total. The molecule has 3 rings (SSSR count). The van der Waals surface area contributed by atoms with E-state index in [1.165, 1.54) is 0 Å². The summed E-state index contributed by atoms with van der Waals surface area (Å²) < 4.78 is 12.2. The molecule has 5 heteroatoms. The van der Waals surface area contributed by atoms with Gasteiger partial charge in [-0.3, -0.25) is 4.79 Å². The third-order valence-electron chi connectivity index (χ3n) is 3.52. The van der Waals surface area contributed by atoms with Crippen LogP contribution in [-0.4, -0.2) is 19.1 Å². The quantitative estimate of drug-likeness (QED) is 0.789. The molecule has 1 amide bonds. The van der Waals surface area contributed by atoms with Crippen LogP contribution < -0.4 is 14.8 Å². The van der Waals surface area contributed by atoms with E-state index in [0.29, 0.717) is 18.8 Å². The van der Waals surface area contributed by atoms with Gasteiger partial charge < -0.3 is 14.8 Å². The summed E-state index contributed by atoms with van der Waals surface area (Å²) in [6.45, 7) is 3.08. The fourth-order valence-electron chi connectivity index (χ4n) is 2.29. The number of fused-ring (bicyclic) bond motifs is 1. The molecular formula is C17H16INO3. The monoisotopic (exact) mass is 409 g/mol. The van der Waals surface area contributed by atoms with Gasteiger partial charge in [0.05, 0.1) is 6.04 Å². The average Bonchev–Trinajstić information content (AvgIpc) is 2.55. The average molecular weight is 409 g/mol. The van der Waals surface area contributed by atoms with Crippen LogP contribution in [0.3, 0.4) is 0 Å². The van der Waals surface area contributed by atoms with Crippen molar-refractivity contribution in [1.82, 2.24) is 5.32 Å². The lowest BCUT2D eigenvalue weighted by Gasteiger charge is -2.21. The van der Waals surface area contributed by atoms with Crippen LogP contribution in [0, 0.1) is 3.57 Å². The number of carbonyl (C=O) groups excluding carboxylic acids is 1. The summed E-state index contributed by atoms with van der Waals surface area (Å²) in [4.78, 5) is 12.3. The van der Waals surface area contributed by atoms with Crippen LogP contribution in [0.5, 0.6) is 11.5 Å². The van der Waals surface area contributed by atoms with Gasteiger partial charge in [-0.1, -0.05) is 6.07 Å². The molecular weight excluding hydrogens is 393 g/mol. The van der Waals surface area contributed by atoms with Crippen LogP contribution in [0.1, 0.15) is 28.9 Å². The zero-order chi connectivity index (χ0) is 15.5. The fraction of sp³-hybridized carbons (Fsp3) is 0.235. The number of benzene rings is 2. The number of rotatable bonds is 3. The first-order valence-electron chi connectivity index (χ1n) is 7.09. The minimum Gasteiger partial charge on any atom is -0.486 e. The van der Waals surface area contributed by atoms with Crippen LogP contribution in [0.4, 0.5) is 0 Å². The van der Waals surface area contributed by atoms with Crippen molar-refractivity contribution in [3.05, 3.63) is 57.2 Å². The van der Waals surface area contributed by atoms with Crippen LogP contribution in [0.25, 0.3) is 0 Å². The van der Waals surface area contributed by atoms with Gasteiger partial charge in [-0.2, -0.15) is 0 Å². The Morgan fingerprint density at radius 3 is 2.50 bits per heavy atom. The van der Waals surface area contributed by atoms with Gasteiger partial charge in [-0.05, 0) is 71.5 Å². The molecule has 0 spiro atoms. The molecule has 0 fully saturated rings. The molecule has 2 aromatic rings. The molecule has 1 heterocycles. The highest BCUT2D eigenvalue weighted by Gasteiger charge is 2.16. The van der Waals surface area contributed by atoms with E-state index in [9.17, 15) is 4.79 Å². The number of halogens is 1. The molecule has 0 aromatic heterocycles. The first-order chi connectivity index (χ1) is 10.6. The van der Waals surface area contributed by atoms with Crippen molar-refractivity contribution < 1.29 is 14.3 Å². The number of ether oxygens (including phenoxy) is 2. The van der Waals surface area contributed by atoms with Gasteiger partial charge in [-0.25, -0.2) is 0 Å². The van der Waals surface area contributed by atoms with Crippen molar-refractivity contribution in [3.8, 4) is 11.5 Å². The molecule has 1 N–H and O–H groups in total. The molecule has 1 aliphatic rings. The van der Waals surface area contributed by atoms with Crippen LogP contribution in [-0.2, 0) is 0 Å². The van der Waals surface area contributed by atoms with Crippen LogP contribution in [0.2, 0.25) is 0 Å². The maximum Gasteiger partial charge on any atom is 0.251 e. The Balaban J connectivity index is 1.72. The summed E-state index contributed by atoms with van der Waals surface area (Å²) in [5.41, 5.74) is 1.65. The van der Waals surface area contributed by atoms with Gasteiger partial charge in [0.2, 0.25) is 0 Å². The number of amides is 1. The zero-order valence-electron chi connectivity index (χ0n) is 12.1. The van der Waals surface area contributed by atoms with E-state index in [1.54, 1.807) is 0 Å². The highest BCUT2D eigenvalue weighted by molar-refractivity contribution is 14.1. The summed E-state index contributed by atoms with van der Waals surface area (Å²) in [6, 6.07) is 13.1. The number of carbonyl (C=O) groups is 1. The molecule has 1 aliphatic heterocycles. The Kier molecular flexibility index (Phi) is 4.52. The lowest BCUT2D eigenvalue weighted by Crippen LogP contribution is -2.26. The Morgan fingerprint density at radius 1 is 1.09 bits per heavy atom. The number of hydrogen-bond donors (Lipinski definition) is 1. The predicted molar refractivity (Wildman–Crippen MR) is 92.5 cm³/mol. The molecule has 0 saturated heterocycles. The highest BCUT2D eigenvalue weighted by atomic mass is 127. The lowest BCUT2D eigenvalue weighted by atomic mass is 10.1. The van der Waals surface area contributed by atoms with Gasteiger partial charge in [0.1, 0.15) is 13.2 Å². The lowest BCUT2D eigenvalue weighted by molar-refractivity contribution is 0.0939. The summed E-state index contributed by atoms with van der Waals surface area (Å²) in [5.74, 6) is 1.41. The molecule has 1 unspecified atom stereocenters. The normalized spacial score (nSPS) is 14.3. The second kappa shape index (κ2) is 6.56. The van der Waals surface area contributed by atoms with Gasteiger partial charge in [0.25, 0.3) is 5.91 Å². The standard InChI is InChI=1S/C17H16INO3/c1-11(19-17(20)12-2-5-14(18)6-3-12)13-4-7-15-16(10-13)22-9-8-21-15/h2-7,10-11H,8-9H2,1H3,(H,19,20). The van der Waals surface area contributed by atoms with Crippen molar-refractivity contribution >= 4 is 28.5 Å². The summed E-state index contributed by atoms with van der Waals surface area (Å²) in [7, 11) is 0. The molecule has 0 saturated carbocycles. The van der Waals surface area contributed by atoms with E-state index >= 15 is 0 Å². The maximum absolute atomic E-state index is 12.3. The fourth-order valence-corrected chi connectivity index (χ4v) is 2.65. The first-order valence-corrected chi connectivity index (χ1v) is 8.17. The van der Waals surface area contributed by atoms with Crippen LogP contribution >= 0.6 is 22.6 Å². The third kappa shape index (κ3) is 3.35. The minimum absolute atomic E-state index is 0.0845. The van der Waals surface area contributed by atoms with E-state index in [4.69, 9.17) is 9.47 Å². The summed E-state index contributed by atoms with van der Waals surface area (Å²) in [6.07, 6.45) is 0. The minimum atomic E-state index is -0.109. The molecule has 1 atom stereocenters. The Labute approximate surface area is 143 Å². The predicted octanol–water partition coefficient (Wildman–Crippen LogP) is 3.55. The van der Waals surface area contributed by atoms with Crippen molar-refractivity contribution in [2.45, 2.75) is 13.0 Å². The van der Waals surface area contributed by atoms with Crippen LogP contribution in [0.15, 0.2) is 42.5 Å². The van der Waals surface area contributed by atoms with E-state index in [-0.39, 0.29) is 11.9 Å². The SMILES string of the molecule is CC(NC(=O)c1ccc(I)cc1)c1ccc2c(c1)OCCO2. The molecule has 0 aliphatic carbocycles. The van der Waals surface area contributed by atoms with Gasteiger partial charge in [0.15, 0.2) is 11.5 Å². The molecule has 0 bridgehead atoms. The van der Waals surface area contributed by atoms with Crippen molar-refractivity contribution in [3.63, 3.8) is 0 Å². The molecule has 22 heavy (non-hydrogen) atoms. The smallest absolute Gasteiger partial charge is 0.251 e. The number of hydrogen-bond acceptors (Lipinski definition) is 3. The Bertz CT molecular complexity index is 685. The second-order valence-electron chi connectivity index (χ2n) is 5.11. The van der Waals surface area contributed by atoms with E-state index < -0.39 is 0 Å². The molecule has 2 aromatic carbocycles. The Morgan fingerprint density at radius 2 is 1.77 bits per heavy atom. The summed E-state index contributed by atoms with van der Waals surface area (Å²) >= 11 is 2.22. The largest absolute Gasteiger partial charge is 0.486 e. The van der Waals surface area contributed by atoms with E-state index in [1.807, 2.05) is 49.4 Å².